The number of rotatable bonds is 5. The zero-order valence-corrected chi connectivity index (χ0v) is 9.70. The Hall–Kier alpha value is -2.03. The third-order valence-corrected chi connectivity index (χ3v) is 2.70. The van der Waals surface area contributed by atoms with Crippen LogP contribution in [0.2, 0.25) is 0 Å². The topological polar surface area (TPSA) is 44.9 Å². The lowest BCUT2D eigenvalue weighted by molar-refractivity contribution is -0.120. The fourth-order valence-electron chi connectivity index (χ4n) is 1.83. The van der Waals surface area contributed by atoms with Gasteiger partial charge in [-0.15, -0.1) is 6.58 Å². The second-order valence-electron chi connectivity index (χ2n) is 3.96. The van der Waals surface area contributed by atoms with Crippen molar-refractivity contribution >= 4 is 16.8 Å². The summed E-state index contributed by atoms with van der Waals surface area (Å²) in [7, 11) is 0. The summed E-state index contributed by atoms with van der Waals surface area (Å²) in [6, 6.07) is 7.99. The maximum Gasteiger partial charge on any atom is 0.224 e. The van der Waals surface area contributed by atoms with Crippen molar-refractivity contribution in [3.63, 3.8) is 0 Å². The first-order valence-corrected chi connectivity index (χ1v) is 5.74. The molecule has 2 aromatic rings. The normalized spacial score (nSPS) is 10.4. The van der Waals surface area contributed by atoms with Crippen LogP contribution >= 0.6 is 0 Å². The molecule has 0 bridgehead atoms. The van der Waals surface area contributed by atoms with Crippen LogP contribution in [0.1, 0.15) is 12.0 Å². The molecule has 0 saturated carbocycles. The Morgan fingerprint density at radius 1 is 1.41 bits per heavy atom. The molecule has 3 nitrogen and oxygen atoms in total. The summed E-state index contributed by atoms with van der Waals surface area (Å²) >= 11 is 0. The second-order valence-corrected chi connectivity index (χ2v) is 3.96. The first kappa shape index (κ1) is 11.5. The van der Waals surface area contributed by atoms with Crippen molar-refractivity contribution in [1.29, 1.82) is 0 Å². The molecule has 1 amide bonds. The molecular weight excluding hydrogens is 212 g/mol. The number of para-hydroxylation sites is 1. The average molecular weight is 228 g/mol. The highest BCUT2D eigenvalue weighted by Gasteiger charge is 2.07. The quantitative estimate of drug-likeness (QED) is 0.599. The van der Waals surface area contributed by atoms with Crippen molar-refractivity contribution in [2.45, 2.75) is 12.8 Å². The number of amides is 1. The van der Waals surface area contributed by atoms with E-state index in [1.165, 1.54) is 0 Å². The molecule has 0 saturated heterocycles. The Labute approximate surface area is 101 Å². The number of nitrogens with one attached hydrogen (secondary N) is 2. The smallest absolute Gasteiger partial charge is 0.224 e. The minimum Gasteiger partial charge on any atom is -0.361 e. The minimum absolute atomic E-state index is 0.0524. The molecule has 17 heavy (non-hydrogen) atoms. The van der Waals surface area contributed by atoms with Crippen LogP contribution in [0.15, 0.2) is 43.1 Å². The molecule has 2 rings (SSSR count). The van der Waals surface area contributed by atoms with Crippen molar-refractivity contribution in [2.75, 3.05) is 6.54 Å². The third-order valence-electron chi connectivity index (χ3n) is 2.70. The number of carbonyl (C=O) groups is 1. The van der Waals surface area contributed by atoms with Gasteiger partial charge in [-0.2, -0.15) is 0 Å². The van der Waals surface area contributed by atoms with E-state index in [9.17, 15) is 4.79 Å². The summed E-state index contributed by atoms with van der Waals surface area (Å²) in [5.41, 5.74) is 2.11. The van der Waals surface area contributed by atoms with Gasteiger partial charge in [0.1, 0.15) is 0 Å². The summed E-state index contributed by atoms with van der Waals surface area (Å²) in [4.78, 5) is 14.8. The van der Waals surface area contributed by atoms with Crippen LogP contribution < -0.4 is 5.32 Å². The maximum absolute atomic E-state index is 11.7. The Bertz CT molecular complexity index is 528. The van der Waals surface area contributed by atoms with Gasteiger partial charge in [0.25, 0.3) is 0 Å². The van der Waals surface area contributed by atoms with E-state index in [4.69, 9.17) is 0 Å². The van der Waals surface area contributed by atoms with Gasteiger partial charge in [0, 0.05) is 23.6 Å². The van der Waals surface area contributed by atoms with Crippen LogP contribution in [0.5, 0.6) is 0 Å². The maximum atomic E-state index is 11.7. The zero-order valence-electron chi connectivity index (χ0n) is 9.70. The van der Waals surface area contributed by atoms with Gasteiger partial charge < -0.3 is 10.3 Å². The highest BCUT2D eigenvalue weighted by molar-refractivity contribution is 5.88. The zero-order chi connectivity index (χ0) is 12.1. The van der Waals surface area contributed by atoms with Crippen LogP contribution in [0.3, 0.4) is 0 Å². The largest absolute Gasteiger partial charge is 0.361 e. The number of hydrogen-bond donors (Lipinski definition) is 2. The Kier molecular flexibility index (Phi) is 3.60. The molecular formula is C14H16N2O. The van der Waals surface area contributed by atoms with Crippen molar-refractivity contribution < 1.29 is 4.79 Å². The number of fused-ring (bicyclic) bond motifs is 1. The van der Waals surface area contributed by atoms with Crippen LogP contribution in [-0.4, -0.2) is 17.4 Å². The van der Waals surface area contributed by atoms with Crippen molar-refractivity contribution in [3.05, 3.63) is 48.7 Å². The molecule has 1 heterocycles. The summed E-state index contributed by atoms with van der Waals surface area (Å²) < 4.78 is 0. The summed E-state index contributed by atoms with van der Waals surface area (Å²) in [6.07, 6.45) is 4.92. The van der Waals surface area contributed by atoms with Gasteiger partial charge in [-0.3, -0.25) is 4.79 Å². The van der Waals surface area contributed by atoms with Gasteiger partial charge in [0.2, 0.25) is 5.91 Å². The lowest BCUT2D eigenvalue weighted by Crippen LogP contribution is -2.25. The van der Waals surface area contributed by atoms with Gasteiger partial charge in [0.05, 0.1) is 6.42 Å². The van der Waals surface area contributed by atoms with Gasteiger partial charge in [-0.1, -0.05) is 24.3 Å². The van der Waals surface area contributed by atoms with E-state index in [0.29, 0.717) is 13.0 Å². The van der Waals surface area contributed by atoms with Crippen LogP contribution in [0.4, 0.5) is 0 Å². The van der Waals surface area contributed by atoms with Gasteiger partial charge in [0.15, 0.2) is 0 Å². The van der Waals surface area contributed by atoms with E-state index in [1.807, 2.05) is 30.5 Å². The third kappa shape index (κ3) is 2.75. The van der Waals surface area contributed by atoms with Crippen LogP contribution in [0.25, 0.3) is 10.9 Å². The van der Waals surface area contributed by atoms with Crippen molar-refractivity contribution in [3.8, 4) is 0 Å². The molecule has 0 aliphatic heterocycles. The number of carbonyl (C=O) groups excluding carboxylic acids is 1. The highest BCUT2D eigenvalue weighted by atomic mass is 16.1. The number of benzene rings is 1. The average Bonchev–Trinajstić information content (AvgIpc) is 2.73. The number of aromatic nitrogens is 1. The highest BCUT2D eigenvalue weighted by Crippen LogP contribution is 2.17. The predicted molar refractivity (Wildman–Crippen MR) is 69.8 cm³/mol. The molecule has 0 spiro atoms. The summed E-state index contributed by atoms with van der Waals surface area (Å²) in [5, 5.41) is 3.98. The lowest BCUT2D eigenvalue weighted by Gasteiger charge is -2.02. The monoisotopic (exact) mass is 228 g/mol. The SMILES string of the molecule is C=CCCNC(=O)Cc1c[nH]c2ccccc12. The van der Waals surface area contributed by atoms with Gasteiger partial charge >= 0.3 is 0 Å². The molecule has 0 unspecified atom stereocenters. The fourth-order valence-corrected chi connectivity index (χ4v) is 1.83. The lowest BCUT2D eigenvalue weighted by atomic mass is 10.1. The Morgan fingerprint density at radius 3 is 3.06 bits per heavy atom. The van der Waals surface area contributed by atoms with E-state index in [2.05, 4.69) is 16.9 Å². The van der Waals surface area contributed by atoms with Gasteiger partial charge in [-0.25, -0.2) is 0 Å². The molecule has 0 aliphatic carbocycles. The molecule has 88 valence electrons. The molecule has 3 heteroatoms. The standard InChI is InChI=1S/C14H16N2O/c1-2-3-8-15-14(17)9-11-10-16-13-7-5-4-6-12(11)13/h2,4-7,10,16H,1,3,8-9H2,(H,15,17). The molecule has 0 atom stereocenters. The predicted octanol–water partition coefficient (Wildman–Crippen LogP) is 2.40. The van der Waals surface area contributed by atoms with Crippen molar-refractivity contribution in [2.24, 2.45) is 0 Å². The summed E-state index contributed by atoms with van der Waals surface area (Å²) in [6.45, 7) is 4.28. The Morgan fingerprint density at radius 2 is 2.24 bits per heavy atom. The van der Waals surface area contributed by atoms with E-state index in [0.717, 1.165) is 22.9 Å². The number of H-pyrrole nitrogens is 1. The molecule has 0 aliphatic rings. The van der Waals surface area contributed by atoms with Crippen LogP contribution in [0, 0.1) is 0 Å². The van der Waals surface area contributed by atoms with Crippen molar-refractivity contribution in [1.82, 2.24) is 10.3 Å². The molecule has 1 aromatic carbocycles. The fraction of sp³-hybridized carbons (Fsp3) is 0.214. The number of hydrogen-bond acceptors (Lipinski definition) is 1. The van der Waals surface area contributed by atoms with E-state index in [1.54, 1.807) is 6.08 Å². The molecule has 1 aromatic heterocycles. The minimum atomic E-state index is 0.0524. The molecule has 0 radical (unpaired) electrons. The Balaban J connectivity index is 2.03. The summed E-state index contributed by atoms with van der Waals surface area (Å²) in [5.74, 6) is 0.0524. The molecule has 2 N–H and O–H groups in total. The second kappa shape index (κ2) is 5.34. The van der Waals surface area contributed by atoms with Gasteiger partial charge in [-0.05, 0) is 18.1 Å². The van der Waals surface area contributed by atoms with E-state index < -0.39 is 0 Å². The first-order chi connectivity index (χ1) is 8.31. The van der Waals surface area contributed by atoms with E-state index >= 15 is 0 Å². The van der Waals surface area contributed by atoms with Crippen LogP contribution in [-0.2, 0) is 11.2 Å². The number of aromatic amines is 1. The van der Waals surface area contributed by atoms with E-state index in [-0.39, 0.29) is 5.91 Å². The first-order valence-electron chi connectivity index (χ1n) is 5.74. The molecule has 0 fully saturated rings.